The molecule has 0 aliphatic heterocycles. The van der Waals surface area contributed by atoms with E-state index >= 15 is 0 Å². The maximum Gasteiger partial charge on any atom is 0.337 e. The van der Waals surface area contributed by atoms with E-state index in [1.54, 1.807) is 12.1 Å². The second-order valence-electron chi connectivity index (χ2n) is 4.59. The van der Waals surface area contributed by atoms with Crippen molar-refractivity contribution in [3.05, 3.63) is 62.0 Å². The van der Waals surface area contributed by atoms with Crippen molar-refractivity contribution < 1.29 is 9.53 Å². The summed E-state index contributed by atoms with van der Waals surface area (Å²) in [6.45, 7) is 2.71. The van der Waals surface area contributed by atoms with Gasteiger partial charge in [0.15, 0.2) is 0 Å². The summed E-state index contributed by atoms with van der Waals surface area (Å²) >= 11 is 7.07. The summed E-state index contributed by atoms with van der Waals surface area (Å²) in [5, 5.41) is 3.38. The van der Waals surface area contributed by atoms with E-state index in [1.807, 2.05) is 18.2 Å². The van der Waals surface area contributed by atoms with Crippen LogP contribution in [0.1, 0.15) is 21.5 Å². The van der Waals surface area contributed by atoms with E-state index in [0.717, 1.165) is 20.2 Å². The number of aryl methyl sites for hydroxylation is 1. The predicted octanol–water partition coefficient (Wildman–Crippen LogP) is 4.92. The SMILES string of the molecule is COC(=O)c1ccc(CNc2cccc(C)c2Br)c(Br)c1. The average Bonchev–Trinajstić information content (AvgIpc) is 2.49. The van der Waals surface area contributed by atoms with Crippen molar-refractivity contribution in [1.29, 1.82) is 0 Å². The largest absolute Gasteiger partial charge is 0.465 e. The molecule has 0 radical (unpaired) electrons. The summed E-state index contributed by atoms with van der Waals surface area (Å²) in [5.41, 5.74) is 3.82. The number of rotatable bonds is 4. The van der Waals surface area contributed by atoms with Crippen molar-refractivity contribution in [2.75, 3.05) is 12.4 Å². The smallest absolute Gasteiger partial charge is 0.337 e. The molecule has 0 saturated heterocycles. The number of benzene rings is 2. The Morgan fingerprint density at radius 3 is 2.67 bits per heavy atom. The Labute approximate surface area is 141 Å². The van der Waals surface area contributed by atoms with Crippen LogP contribution in [-0.2, 0) is 11.3 Å². The third-order valence-electron chi connectivity index (χ3n) is 3.14. The molecule has 0 aliphatic carbocycles. The van der Waals surface area contributed by atoms with Crippen LogP contribution in [0.4, 0.5) is 5.69 Å². The van der Waals surface area contributed by atoms with Crippen LogP contribution in [0.25, 0.3) is 0 Å². The molecule has 2 rings (SSSR count). The predicted molar refractivity (Wildman–Crippen MR) is 91.7 cm³/mol. The molecule has 5 heteroatoms. The number of nitrogens with one attached hydrogen (secondary N) is 1. The van der Waals surface area contributed by atoms with E-state index in [4.69, 9.17) is 4.74 Å². The van der Waals surface area contributed by atoms with Crippen molar-refractivity contribution >= 4 is 43.5 Å². The van der Waals surface area contributed by atoms with Crippen molar-refractivity contribution in [2.24, 2.45) is 0 Å². The van der Waals surface area contributed by atoms with Crippen molar-refractivity contribution in [3.63, 3.8) is 0 Å². The van der Waals surface area contributed by atoms with Gasteiger partial charge in [-0.1, -0.05) is 34.1 Å². The van der Waals surface area contributed by atoms with E-state index in [0.29, 0.717) is 12.1 Å². The molecule has 0 aromatic heterocycles. The van der Waals surface area contributed by atoms with Crippen LogP contribution in [0.5, 0.6) is 0 Å². The first-order valence-electron chi connectivity index (χ1n) is 6.38. The molecule has 0 fully saturated rings. The fourth-order valence-electron chi connectivity index (χ4n) is 1.91. The van der Waals surface area contributed by atoms with E-state index in [9.17, 15) is 4.79 Å². The standard InChI is InChI=1S/C16H15Br2NO2/c1-10-4-3-5-14(15(10)18)19-9-12-7-6-11(8-13(12)17)16(20)21-2/h3-8,19H,9H2,1-2H3. The number of carbonyl (C=O) groups is 1. The molecule has 1 N–H and O–H groups in total. The van der Waals surface area contributed by atoms with Gasteiger partial charge in [-0.05, 0) is 52.2 Å². The number of methoxy groups -OCH3 is 1. The van der Waals surface area contributed by atoms with Crippen LogP contribution >= 0.6 is 31.9 Å². The fraction of sp³-hybridized carbons (Fsp3) is 0.188. The summed E-state index contributed by atoms with van der Waals surface area (Å²) in [5.74, 6) is -0.336. The Morgan fingerprint density at radius 1 is 1.24 bits per heavy atom. The molecule has 21 heavy (non-hydrogen) atoms. The summed E-state index contributed by atoms with van der Waals surface area (Å²) in [6, 6.07) is 11.5. The van der Waals surface area contributed by atoms with Gasteiger partial charge >= 0.3 is 5.97 Å². The lowest BCUT2D eigenvalue weighted by Crippen LogP contribution is -2.04. The molecule has 110 valence electrons. The summed E-state index contributed by atoms with van der Waals surface area (Å²) < 4.78 is 6.65. The van der Waals surface area contributed by atoms with Gasteiger partial charge in [0.25, 0.3) is 0 Å². The highest BCUT2D eigenvalue weighted by Crippen LogP contribution is 2.27. The molecule has 2 aromatic rings. The van der Waals surface area contributed by atoms with Crippen molar-refractivity contribution in [1.82, 2.24) is 0 Å². The second kappa shape index (κ2) is 7.09. The number of esters is 1. The van der Waals surface area contributed by atoms with Gasteiger partial charge in [-0.25, -0.2) is 4.79 Å². The molecule has 0 heterocycles. The molecule has 0 unspecified atom stereocenters. The molecule has 2 aromatic carbocycles. The normalized spacial score (nSPS) is 10.3. The fourth-order valence-corrected chi connectivity index (χ4v) is 2.83. The van der Waals surface area contributed by atoms with Gasteiger partial charge in [-0.3, -0.25) is 0 Å². The number of anilines is 1. The molecular weight excluding hydrogens is 398 g/mol. The third kappa shape index (κ3) is 3.86. The van der Waals surface area contributed by atoms with Gasteiger partial charge in [0.1, 0.15) is 0 Å². The summed E-state index contributed by atoms with van der Waals surface area (Å²) in [4.78, 5) is 11.5. The minimum atomic E-state index is -0.336. The first-order valence-corrected chi connectivity index (χ1v) is 7.97. The Balaban J connectivity index is 2.13. The molecular formula is C16H15Br2NO2. The van der Waals surface area contributed by atoms with Crippen LogP contribution in [0.2, 0.25) is 0 Å². The van der Waals surface area contributed by atoms with Crippen molar-refractivity contribution in [2.45, 2.75) is 13.5 Å². The molecule has 0 spiro atoms. The zero-order valence-corrected chi connectivity index (χ0v) is 14.9. The number of hydrogen-bond donors (Lipinski definition) is 1. The topological polar surface area (TPSA) is 38.3 Å². The Bertz CT molecular complexity index is 671. The maximum absolute atomic E-state index is 11.5. The highest BCUT2D eigenvalue weighted by atomic mass is 79.9. The maximum atomic E-state index is 11.5. The lowest BCUT2D eigenvalue weighted by Gasteiger charge is -2.12. The number of carbonyl (C=O) groups excluding carboxylic acids is 1. The number of halogens is 2. The van der Waals surface area contributed by atoms with Gasteiger partial charge < -0.3 is 10.1 Å². The van der Waals surface area contributed by atoms with E-state index in [1.165, 1.54) is 12.7 Å². The van der Waals surface area contributed by atoms with Gasteiger partial charge in [-0.15, -0.1) is 0 Å². The zero-order chi connectivity index (χ0) is 15.4. The zero-order valence-electron chi connectivity index (χ0n) is 11.7. The minimum absolute atomic E-state index is 0.336. The lowest BCUT2D eigenvalue weighted by atomic mass is 10.1. The molecule has 0 atom stereocenters. The Hall–Kier alpha value is -1.33. The van der Waals surface area contributed by atoms with Gasteiger partial charge in [-0.2, -0.15) is 0 Å². The highest BCUT2D eigenvalue weighted by molar-refractivity contribution is 9.11. The van der Waals surface area contributed by atoms with Crippen molar-refractivity contribution in [3.8, 4) is 0 Å². The summed E-state index contributed by atoms with van der Waals surface area (Å²) in [7, 11) is 1.38. The molecule has 0 amide bonds. The van der Waals surface area contributed by atoms with Crippen LogP contribution < -0.4 is 5.32 Å². The number of hydrogen-bond acceptors (Lipinski definition) is 3. The minimum Gasteiger partial charge on any atom is -0.465 e. The number of ether oxygens (including phenoxy) is 1. The highest BCUT2D eigenvalue weighted by Gasteiger charge is 2.09. The van der Waals surface area contributed by atoms with Crippen LogP contribution in [0, 0.1) is 6.92 Å². The van der Waals surface area contributed by atoms with E-state index in [2.05, 4.69) is 50.2 Å². The first-order chi connectivity index (χ1) is 10.0. The van der Waals surface area contributed by atoms with E-state index in [-0.39, 0.29) is 5.97 Å². The molecule has 0 bridgehead atoms. The van der Waals surface area contributed by atoms with Crippen LogP contribution in [0.3, 0.4) is 0 Å². The second-order valence-corrected chi connectivity index (χ2v) is 6.24. The van der Waals surface area contributed by atoms with Gasteiger partial charge in [0.2, 0.25) is 0 Å². The third-order valence-corrected chi connectivity index (χ3v) is 4.93. The molecule has 0 saturated carbocycles. The molecule has 0 aliphatic rings. The Kier molecular flexibility index (Phi) is 5.42. The first kappa shape index (κ1) is 16.0. The monoisotopic (exact) mass is 411 g/mol. The van der Waals surface area contributed by atoms with Crippen LogP contribution in [-0.4, -0.2) is 13.1 Å². The van der Waals surface area contributed by atoms with Crippen LogP contribution in [0.15, 0.2) is 45.3 Å². The Morgan fingerprint density at radius 2 is 2.00 bits per heavy atom. The quantitative estimate of drug-likeness (QED) is 0.724. The van der Waals surface area contributed by atoms with E-state index < -0.39 is 0 Å². The van der Waals surface area contributed by atoms with Gasteiger partial charge in [0.05, 0.1) is 12.7 Å². The van der Waals surface area contributed by atoms with Gasteiger partial charge in [0, 0.05) is 21.2 Å². The lowest BCUT2D eigenvalue weighted by molar-refractivity contribution is 0.0600. The molecule has 3 nitrogen and oxygen atoms in total. The summed E-state index contributed by atoms with van der Waals surface area (Å²) in [6.07, 6.45) is 0. The average molecular weight is 413 g/mol.